The first-order valence-electron chi connectivity index (χ1n) is 7.78. The predicted octanol–water partition coefficient (Wildman–Crippen LogP) is 1.64. The van der Waals surface area contributed by atoms with Crippen molar-refractivity contribution in [3.8, 4) is 11.1 Å². The maximum absolute atomic E-state index is 12.2. The zero-order valence-electron chi connectivity index (χ0n) is 13.9. The highest BCUT2D eigenvalue weighted by atomic mass is 32.2. The quantitative estimate of drug-likeness (QED) is 0.667. The Morgan fingerprint density at radius 1 is 1.16 bits per heavy atom. The van der Waals surface area contributed by atoms with Gasteiger partial charge < -0.3 is 10.5 Å². The van der Waals surface area contributed by atoms with Crippen LogP contribution in [0.5, 0.6) is 0 Å². The number of carbonyl (C=O) groups is 1. The molecule has 1 amide bonds. The van der Waals surface area contributed by atoms with Gasteiger partial charge in [0.05, 0.1) is 11.8 Å². The standard InChI is InChI=1S/C18H18N2O4S/c1-12-3-4-14(9-13(12)2)15-5-6-17(20(22)10-15)18(21)19-16-7-8-25(23,24)11-16/h3-10,16H,11H2,1-2H3,(H,19,21)/t16-/m0/s1. The third kappa shape index (κ3) is 3.71. The number of nitrogens with zero attached hydrogens (tertiary/aromatic N) is 1. The molecule has 1 aromatic carbocycles. The van der Waals surface area contributed by atoms with E-state index < -0.39 is 21.8 Å². The van der Waals surface area contributed by atoms with Crippen molar-refractivity contribution < 1.29 is 17.9 Å². The molecule has 1 aliphatic rings. The molecule has 6 nitrogen and oxygen atoms in total. The van der Waals surface area contributed by atoms with Gasteiger partial charge in [-0.3, -0.25) is 4.79 Å². The van der Waals surface area contributed by atoms with Crippen LogP contribution in [-0.2, 0) is 9.84 Å². The molecule has 3 rings (SSSR count). The van der Waals surface area contributed by atoms with Crippen LogP contribution >= 0.6 is 0 Å². The van der Waals surface area contributed by atoms with Crippen LogP contribution in [0, 0.1) is 19.1 Å². The van der Waals surface area contributed by atoms with E-state index in [1.807, 2.05) is 32.0 Å². The summed E-state index contributed by atoms with van der Waals surface area (Å²) in [4.78, 5) is 12.2. The lowest BCUT2D eigenvalue weighted by molar-refractivity contribution is -0.607. The number of sulfone groups is 1. The highest BCUT2D eigenvalue weighted by Crippen LogP contribution is 2.21. The lowest BCUT2D eigenvalue weighted by Gasteiger charge is -2.11. The molecule has 1 N–H and O–H groups in total. The molecule has 0 saturated carbocycles. The van der Waals surface area contributed by atoms with Gasteiger partial charge in [-0.25, -0.2) is 8.42 Å². The summed E-state index contributed by atoms with van der Waals surface area (Å²) in [6.07, 6.45) is 2.76. The van der Waals surface area contributed by atoms with Crippen LogP contribution in [-0.4, -0.2) is 26.1 Å². The summed E-state index contributed by atoms with van der Waals surface area (Å²) in [5.41, 5.74) is 3.80. The van der Waals surface area contributed by atoms with Crippen LogP contribution < -0.4 is 10.0 Å². The second-order valence-corrected chi connectivity index (χ2v) is 8.10. The smallest absolute Gasteiger partial charge is 0.317 e. The predicted molar refractivity (Wildman–Crippen MR) is 94.5 cm³/mol. The molecule has 25 heavy (non-hydrogen) atoms. The average Bonchev–Trinajstić information content (AvgIpc) is 2.88. The molecule has 1 aromatic heterocycles. The van der Waals surface area contributed by atoms with Gasteiger partial charge in [0.25, 0.3) is 5.69 Å². The minimum Gasteiger partial charge on any atom is -0.618 e. The maximum atomic E-state index is 12.2. The third-order valence-electron chi connectivity index (χ3n) is 4.23. The summed E-state index contributed by atoms with van der Waals surface area (Å²) < 4.78 is 23.3. The lowest BCUT2D eigenvalue weighted by atomic mass is 10.0. The number of aryl methyl sites for hydroxylation is 2. The summed E-state index contributed by atoms with van der Waals surface area (Å²) >= 11 is 0. The van der Waals surface area contributed by atoms with Crippen molar-refractivity contribution in [3.05, 3.63) is 70.0 Å². The van der Waals surface area contributed by atoms with Crippen molar-refractivity contribution in [3.63, 3.8) is 0 Å². The number of pyridine rings is 1. The van der Waals surface area contributed by atoms with E-state index in [4.69, 9.17) is 0 Å². The van der Waals surface area contributed by atoms with Gasteiger partial charge in [-0.1, -0.05) is 18.2 Å². The first-order chi connectivity index (χ1) is 11.7. The number of nitrogens with one attached hydrogen (secondary N) is 1. The summed E-state index contributed by atoms with van der Waals surface area (Å²) in [7, 11) is -3.26. The Morgan fingerprint density at radius 2 is 1.88 bits per heavy atom. The van der Waals surface area contributed by atoms with Gasteiger partial charge in [0.1, 0.15) is 0 Å². The molecule has 0 bridgehead atoms. The van der Waals surface area contributed by atoms with Crippen LogP contribution in [0.1, 0.15) is 21.6 Å². The van der Waals surface area contributed by atoms with Gasteiger partial charge >= 0.3 is 5.91 Å². The molecule has 0 saturated heterocycles. The van der Waals surface area contributed by atoms with E-state index in [2.05, 4.69) is 5.32 Å². The minimum absolute atomic E-state index is 0.0784. The summed E-state index contributed by atoms with van der Waals surface area (Å²) in [5.74, 6) is -0.786. The maximum Gasteiger partial charge on any atom is 0.317 e. The molecule has 0 spiro atoms. The van der Waals surface area contributed by atoms with Crippen molar-refractivity contribution >= 4 is 15.7 Å². The van der Waals surface area contributed by atoms with E-state index in [0.29, 0.717) is 10.3 Å². The van der Waals surface area contributed by atoms with Crippen molar-refractivity contribution in [2.75, 3.05) is 5.75 Å². The Kier molecular flexibility index (Phi) is 4.34. The second kappa shape index (κ2) is 6.33. The van der Waals surface area contributed by atoms with Gasteiger partial charge in [0.2, 0.25) is 0 Å². The van der Waals surface area contributed by atoms with Gasteiger partial charge in [-0.15, -0.1) is 0 Å². The van der Waals surface area contributed by atoms with Crippen LogP contribution in [0.2, 0.25) is 0 Å². The van der Waals surface area contributed by atoms with E-state index in [-0.39, 0.29) is 11.4 Å². The van der Waals surface area contributed by atoms with E-state index in [1.54, 1.807) is 6.07 Å². The number of amides is 1. The molecule has 1 aliphatic heterocycles. The monoisotopic (exact) mass is 358 g/mol. The highest BCUT2D eigenvalue weighted by molar-refractivity contribution is 7.94. The average molecular weight is 358 g/mol. The van der Waals surface area contributed by atoms with Crippen LogP contribution in [0.25, 0.3) is 11.1 Å². The molecule has 0 unspecified atom stereocenters. The Hall–Kier alpha value is -2.67. The zero-order valence-corrected chi connectivity index (χ0v) is 14.7. The normalized spacial score (nSPS) is 18.2. The van der Waals surface area contributed by atoms with Crippen molar-refractivity contribution in [2.24, 2.45) is 0 Å². The van der Waals surface area contributed by atoms with Gasteiger partial charge in [0, 0.05) is 17.0 Å². The van der Waals surface area contributed by atoms with Gasteiger partial charge in [0.15, 0.2) is 16.0 Å². The first kappa shape index (κ1) is 17.2. The molecule has 0 radical (unpaired) electrons. The number of hydrogen-bond acceptors (Lipinski definition) is 4. The Labute approximate surface area is 146 Å². The summed E-state index contributed by atoms with van der Waals surface area (Å²) in [6, 6.07) is 8.42. The number of carbonyl (C=O) groups excluding carboxylic acids is 1. The summed E-state index contributed by atoms with van der Waals surface area (Å²) in [6.45, 7) is 4.01. The van der Waals surface area contributed by atoms with Crippen LogP contribution in [0.4, 0.5) is 0 Å². The fourth-order valence-corrected chi connectivity index (χ4v) is 3.89. The Balaban J connectivity index is 1.81. The first-order valence-corrected chi connectivity index (χ1v) is 9.49. The molecular weight excluding hydrogens is 340 g/mol. The molecule has 2 heterocycles. The molecule has 0 aliphatic carbocycles. The zero-order chi connectivity index (χ0) is 18.2. The third-order valence-corrected chi connectivity index (χ3v) is 5.63. The summed E-state index contributed by atoms with van der Waals surface area (Å²) in [5, 5.41) is 15.8. The topological polar surface area (TPSA) is 90.2 Å². The van der Waals surface area contributed by atoms with E-state index in [9.17, 15) is 18.4 Å². The van der Waals surface area contributed by atoms with E-state index >= 15 is 0 Å². The molecule has 130 valence electrons. The van der Waals surface area contributed by atoms with Crippen molar-refractivity contribution in [1.29, 1.82) is 0 Å². The fourth-order valence-electron chi connectivity index (χ4n) is 2.66. The van der Waals surface area contributed by atoms with Crippen LogP contribution in [0.3, 0.4) is 0 Å². The largest absolute Gasteiger partial charge is 0.618 e. The molecular formula is C18H18N2O4S. The number of aromatic nitrogens is 1. The molecule has 7 heteroatoms. The van der Waals surface area contributed by atoms with Gasteiger partial charge in [-0.05, 0) is 42.7 Å². The van der Waals surface area contributed by atoms with Gasteiger partial charge in [-0.2, -0.15) is 4.73 Å². The van der Waals surface area contributed by atoms with E-state index in [1.165, 1.54) is 18.3 Å². The minimum atomic E-state index is -3.26. The molecule has 0 fully saturated rings. The van der Waals surface area contributed by atoms with Crippen molar-refractivity contribution in [1.82, 2.24) is 5.32 Å². The Bertz CT molecular complexity index is 981. The molecule has 2 aromatic rings. The second-order valence-electron chi connectivity index (χ2n) is 6.17. The highest BCUT2D eigenvalue weighted by Gasteiger charge is 2.26. The van der Waals surface area contributed by atoms with Crippen LogP contribution in [0.15, 0.2) is 48.0 Å². The fraction of sp³-hybridized carbons (Fsp3) is 0.222. The SMILES string of the molecule is Cc1ccc(-c2ccc(C(=O)N[C@H]3C=CS(=O)(=O)C3)[n+]([O-])c2)cc1C. The number of rotatable bonds is 3. The lowest BCUT2D eigenvalue weighted by Crippen LogP contribution is -2.43. The van der Waals surface area contributed by atoms with E-state index in [0.717, 1.165) is 22.1 Å². The van der Waals surface area contributed by atoms with Crippen molar-refractivity contribution in [2.45, 2.75) is 19.9 Å². The number of benzene rings is 1. The Morgan fingerprint density at radius 3 is 2.48 bits per heavy atom. The molecule has 1 atom stereocenters. The number of hydrogen-bond donors (Lipinski definition) is 1.